The summed E-state index contributed by atoms with van der Waals surface area (Å²) in [6.45, 7) is 0.415. The molecular formula is C27H20N4O3S2. The number of rotatable bonds is 6. The molecule has 0 spiro atoms. The maximum atomic E-state index is 13.1. The molecule has 0 radical (unpaired) electrons. The van der Waals surface area contributed by atoms with E-state index in [-0.39, 0.29) is 11.5 Å². The van der Waals surface area contributed by atoms with E-state index in [2.05, 4.69) is 9.97 Å². The van der Waals surface area contributed by atoms with Crippen molar-refractivity contribution in [2.75, 3.05) is 12.3 Å². The number of thiocarbonyl (C=S) groups is 1. The molecule has 9 heteroatoms. The molecule has 1 aromatic heterocycles. The van der Waals surface area contributed by atoms with Gasteiger partial charge in [-0.1, -0.05) is 66.4 Å². The molecule has 7 nitrogen and oxygen atoms in total. The summed E-state index contributed by atoms with van der Waals surface area (Å²) in [6.07, 6.45) is 2.38. The summed E-state index contributed by atoms with van der Waals surface area (Å²) in [6, 6.07) is 21.8. The van der Waals surface area contributed by atoms with Gasteiger partial charge in [-0.2, -0.15) is 0 Å². The molecule has 36 heavy (non-hydrogen) atoms. The fourth-order valence-electron chi connectivity index (χ4n) is 3.90. The number of aromatic nitrogens is 2. The molecule has 0 aliphatic carbocycles. The third kappa shape index (κ3) is 4.84. The van der Waals surface area contributed by atoms with Gasteiger partial charge in [-0.15, -0.1) is 0 Å². The Kier molecular flexibility index (Phi) is 6.49. The molecule has 1 aliphatic heterocycles. The first kappa shape index (κ1) is 23.7. The lowest BCUT2D eigenvalue weighted by atomic mass is 10.1. The second-order valence-electron chi connectivity index (χ2n) is 8.16. The van der Waals surface area contributed by atoms with E-state index in [1.54, 1.807) is 29.2 Å². The predicted octanol–water partition coefficient (Wildman–Crippen LogP) is 5.02. The Hall–Kier alpha value is -4.08. The van der Waals surface area contributed by atoms with Crippen LogP contribution in [0.1, 0.15) is 21.5 Å². The van der Waals surface area contributed by atoms with E-state index in [1.165, 1.54) is 11.8 Å². The van der Waals surface area contributed by atoms with Gasteiger partial charge in [0, 0.05) is 17.5 Å². The Labute approximate surface area is 216 Å². The zero-order valence-electron chi connectivity index (χ0n) is 18.9. The first-order valence-corrected chi connectivity index (χ1v) is 12.3. The summed E-state index contributed by atoms with van der Waals surface area (Å²) in [5.41, 5.74) is 9.69. The minimum absolute atomic E-state index is 0.149. The number of para-hydroxylation sites is 1. The average molecular weight is 513 g/mol. The normalized spacial score (nSPS) is 14.7. The van der Waals surface area contributed by atoms with Crippen molar-refractivity contribution in [3.05, 3.63) is 94.4 Å². The molecule has 1 aliphatic rings. The Morgan fingerprint density at radius 2 is 1.83 bits per heavy atom. The number of nitrogens with two attached hydrogens (primary N) is 1. The van der Waals surface area contributed by atoms with Crippen LogP contribution in [0.2, 0.25) is 0 Å². The standard InChI is InChI=1S/C27H20N4O3S2/c28-23-20-6-1-2-7-21(20)29-24(30-23)19-5-3-4-17(14-19)15-22-25(32)31(27(35)36-22)13-12-16-8-10-18(11-9-16)26(33)34/h1-11,14-15H,12-13H2,(H,33,34)(H2,28,29,30). The number of amides is 1. The number of hydrogen-bond donors (Lipinski definition) is 2. The highest BCUT2D eigenvalue weighted by Crippen LogP contribution is 2.33. The molecular weight excluding hydrogens is 492 g/mol. The third-order valence-electron chi connectivity index (χ3n) is 5.77. The molecule has 1 saturated heterocycles. The number of benzene rings is 3. The van der Waals surface area contributed by atoms with Gasteiger partial charge in [0.1, 0.15) is 10.1 Å². The van der Waals surface area contributed by atoms with E-state index in [1.807, 2.05) is 54.6 Å². The van der Waals surface area contributed by atoms with Crippen LogP contribution in [-0.2, 0) is 11.2 Å². The first-order chi connectivity index (χ1) is 17.4. The zero-order valence-corrected chi connectivity index (χ0v) is 20.6. The van der Waals surface area contributed by atoms with Gasteiger partial charge in [-0.3, -0.25) is 9.69 Å². The number of carbonyl (C=O) groups is 2. The minimum Gasteiger partial charge on any atom is -0.478 e. The van der Waals surface area contributed by atoms with Crippen LogP contribution in [0.25, 0.3) is 28.4 Å². The van der Waals surface area contributed by atoms with Crippen LogP contribution >= 0.6 is 24.0 Å². The molecule has 5 rings (SSSR count). The van der Waals surface area contributed by atoms with Crippen molar-refractivity contribution in [2.45, 2.75) is 6.42 Å². The van der Waals surface area contributed by atoms with Gasteiger partial charge >= 0.3 is 5.97 Å². The van der Waals surface area contributed by atoms with Gasteiger partial charge in [0.2, 0.25) is 0 Å². The van der Waals surface area contributed by atoms with Crippen molar-refractivity contribution in [2.24, 2.45) is 0 Å². The van der Waals surface area contributed by atoms with E-state index in [4.69, 9.17) is 23.1 Å². The smallest absolute Gasteiger partial charge is 0.335 e. The van der Waals surface area contributed by atoms with E-state index >= 15 is 0 Å². The number of fused-ring (bicyclic) bond motifs is 1. The molecule has 3 N–H and O–H groups in total. The lowest BCUT2D eigenvalue weighted by Gasteiger charge is -2.14. The van der Waals surface area contributed by atoms with Crippen molar-refractivity contribution in [3.8, 4) is 11.4 Å². The van der Waals surface area contributed by atoms with Crippen LogP contribution in [0.5, 0.6) is 0 Å². The second kappa shape index (κ2) is 9.88. The Balaban J connectivity index is 1.34. The summed E-state index contributed by atoms with van der Waals surface area (Å²) in [4.78, 5) is 35.3. The molecule has 1 fully saturated rings. The molecule has 0 atom stereocenters. The predicted molar refractivity (Wildman–Crippen MR) is 146 cm³/mol. The SMILES string of the molecule is Nc1nc(-c2cccc(C=C3SC(=S)N(CCc4ccc(C(=O)O)cc4)C3=O)c2)nc2ccccc12. The van der Waals surface area contributed by atoms with Gasteiger partial charge in [0.05, 0.1) is 16.0 Å². The van der Waals surface area contributed by atoms with Crippen molar-refractivity contribution in [1.29, 1.82) is 0 Å². The van der Waals surface area contributed by atoms with E-state index < -0.39 is 5.97 Å². The third-order valence-corrected chi connectivity index (χ3v) is 7.15. The Bertz CT molecular complexity index is 1550. The summed E-state index contributed by atoms with van der Waals surface area (Å²) in [5.74, 6) is -0.186. The Morgan fingerprint density at radius 1 is 1.06 bits per heavy atom. The molecule has 0 saturated carbocycles. The zero-order chi connectivity index (χ0) is 25.2. The van der Waals surface area contributed by atoms with Gasteiger partial charge < -0.3 is 10.8 Å². The summed E-state index contributed by atoms with van der Waals surface area (Å²) in [7, 11) is 0. The van der Waals surface area contributed by atoms with Crippen LogP contribution in [0, 0.1) is 0 Å². The highest BCUT2D eigenvalue weighted by atomic mass is 32.2. The molecule has 0 unspecified atom stereocenters. The maximum absolute atomic E-state index is 13.1. The van der Waals surface area contributed by atoms with Crippen molar-refractivity contribution in [1.82, 2.24) is 14.9 Å². The van der Waals surface area contributed by atoms with Crippen LogP contribution in [0.3, 0.4) is 0 Å². The van der Waals surface area contributed by atoms with Crippen molar-refractivity contribution >= 4 is 63.0 Å². The number of nitrogens with zero attached hydrogens (tertiary/aromatic N) is 3. The number of anilines is 1. The largest absolute Gasteiger partial charge is 0.478 e. The number of aromatic carboxylic acids is 1. The maximum Gasteiger partial charge on any atom is 0.335 e. The number of carboxylic acids is 1. The van der Waals surface area contributed by atoms with Gasteiger partial charge in [0.25, 0.3) is 5.91 Å². The molecule has 0 bridgehead atoms. The Morgan fingerprint density at radius 3 is 2.61 bits per heavy atom. The molecule has 3 aromatic carbocycles. The fourth-order valence-corrected chi connectivity index (χ4v) is 5.21. The monoisotopic (exact) mass is 512 g/mol. The van der Waals surface area contributed by atoms with Crippen LogP contribution in [0.4, 0.5) is 5.82 Å². The average Bonchev–Trinajstić information content (AvgIpc) is 3.14. The number of carbonyl (C=O) groups excluding carboxylic acids is 1. The first-order valence-electron chi connectivity index (χ1n) is 11.1. The molecule has 1 amide bonds. The minimum atomic E-state index is -0.969. The van der Waals surface area contributed by atoms with Crippen LogP contribution in [0.15, 0.2) is 77.7 Å². The number of thioether (sulfide) groups is 1. The number of nitrogen functional groups attached to an aromatic ring is 1. The van der Waals surface area contributed by atoms with Gasteiger partial charge in [-0.25, -0.2) is 14.8 Å². The lowest BCUT2D eigenvalue weighted by molar-refractivity contribution is -0.122. The highest BCUT2D eigenvalue weighted by Gasteiger charge is 2.31. The van der Waals surface area contributed by atoms with E-state index in [0.717, 1.165) is 27.6 Å². The molecule has 2 heterocycles. The van der Waals surface area contributed by atoms with Crippen molar-refractivity contribution in [3.63, 3.8) is 0 Å². The summed E-state index contributed by atoms with van der Waals surface area (Å²) in [5, 5.41) is 9.85. The molecule has 4 aromatic rings. The number of carboxylic acid groups (broad SMARTS) is 1. The number of hydrogen-bond acceptors (Lipinski definition) is 7. The fraction of sp³-hybridized carbons (Fsp3) is 0.0741. The van der Waals surface area contributed by atoms with Crippen LogP contribution < -0.4 is 5.73 Å². The highest BCUT2D eigenvalue weighted by molar-refractivity contribution is 8.26. The topological polar surface area (TPSA) is 109 Å². The second-order valence-corrected chi connectivity index (χ2v) is 9.84. The lowest BCUT2D eigenvalue weighted by Crippen LogP contribution is -2.30. The summed E-state index contributed by atoms with van der Waals surface area (Å²) >= 11 is 6.72. The van der Waals surface area contributed by atoms with E-state index in [9.17, 15) is 9.59 Å². The summed E-state index contributed by atoms with van der Waals surface area (Å²) < 4.78 is 0.496. The van der Waals surface area contributed by atoms with E-state index in [0.29, 0.717) is 33.8 Å². The van der Waals surface area contributed by atoms with Crippen molar-refractivity contribution < 1.29 is 14.7 Å². The van der Waals surface area contributed by atoms with Gasteiger partial charge in [-0.05, 0) is 54.0 Å². The quantitative estimate of drug-likeness (QED) is 0.274. The van der Waals surface area contributed by atoms with Gasteiger partial charge in [0.15, 0.2) is 5.82 Å². The molecule has 178 valence electrons. The van der Waals surface area contributed by atoms with Crippen LogP contribution in [-0.4, -0.2) is 42.7 Å².